The van der Waals surface area contributed by atoms with Gasteiger partial charge in [0.1, 0.15) is 0 Å². The fourth-order valence-electron chi connectivity index (χ4n) is 2.57. The molecule has 1 aliphatic carbocycles. The molecule has 2 aliphatic rings. The first-order valence-electron chi connectivity index (χ1n) is 5.47. The summed E-state index contributed by atoms with van der Waals surface area (Å²) in [4.78, 5) is 0. The van der Waals surface area contributed by atoms with Crippen LogP contribution in [0.25, 0.3) is 0 Å². The summed E-state index contributed by atoms with van der Waals surface area (Å²) in [5, 5.41) is 0. The van der Waals surface area contributed by atoms with Gasteiger partial charge in [-0.3, -0.25) is 0 Å². The summed E-state index contributed by atoms with van der Waals surface area (Å²) in [6.07, 6.45) is 5.29. The minimum absolute atomic E-state index is 0.212. The number of ether oxygens (including phenoxy) is 2. The van der Waals surface area contributed by atoms with Gasteiger partial charge in [0.15, 0.2) is 5.79 Å². The monoisotopic (exact) mass is 184 g/mol. The van der Waals surface area contributed by atoms with E-state index in [-0.39, 0.29) is 18.0 Å². The predicted molar refractivity (Wildman–Crippen MR) is 51.5 cm³/mol. The predicted octanol–water partition coefficient (Wildman–Crippen LogP) is 2.72. The second-order valence-electron chi connectivity index (χ2n) is 4.76. The summed E-state index contributed by atoms with van der Waals surface area (Å²) < 4.78 is 11.9. The number of hydrogen-bond acceptors (Lipinski definition) is 2. The highest BCUT2D eigenvalue weighted by Gasteiger charge is 2.45. The van der Waals surface area contributed by atoms with E-state index in [1.807, 2.05) is 0 Å². The maximum atomic E-state index is 5.95. The Hall–Kier alpha value is -0.0800. The quantitative estimate of drug-likeness (QED) is 0.576. The minimum Gasteiger partial charge on any atom is -0.344 e. The van der Waals surface area contributed by atoms with E-state index in [0.717, 1.165) is 18.8 Å². The highest BCUT2D eigenvalue weighted by atomic mass is 16.8. The molecule has 1 saturated heterocycles. The van der Waals surface area contributed by atoms with E-state index in [0.29, 0.717) is 0 Å². The van der Waals surface area contributed by atoms with Crippen LogP contribution < -0.4 is 0 Å². The molecule has 2 fully saturated rings. The van der Waals surface area contributed by atoms with Crippen LogP contribution in [0.5, 0.6) is 0 Å². The van der Waals surface area contributed by atoms with Gasteiger partial charge in [0.25, 0.3) is 0 Å². The first-order chi connectivity index (χ1) is 6.11. The molecule has 3 atom stereocenters. The fourth-order valence-corrected chi connectivity index (χ4v) is 2.57. The van der Waals surface area contributed by atoms with Gasteiger partial charge < -0.3 is 9.47 Å². The van der Waals surface area contributed by atoms with Gasteiger partial charge in [-0.1, -0.05) is 13.3 Å². The SMILES string of the molecule is C[C@H]1CCCC2(C1)O[C@H](C)[C@@H](C)O2. The Balaban J connectivity index is 2.04. The number of rotatable bonds is 0. The van der Waals surface area contributed by atoms with Gasteiger partial charge in [-0.2, -0.15) is 0 Å². The molecule has 0 unspecified atom stereocenters. The lowest BCUT2D eigenvalue weighted by Crippen LogP contribution is -2.36. The van der Waals surface area contributed by atoms with Crippen LogP contribution in [-0.2, 0) is 9.47 Å². The Kier molecular flexibility index (Phi) is 2.37. The van der Waals surface area contributed by atoms with Crippen molar-refractivity contribution >= 4 is 0 Å². The van der Waals surface area contributed by atoms with E-state index in [2.05, 4.69) is 20.8 Å². The zero-order valence-corrected chi connectivity index (χ0v) is 8.88. The maximum Gasteiger partial charge on any atom is 0.169 e. The first kappa shape index (κ1) is 9.47. The van der Waals surface area contributed by atoms with Gasteiger partial charge in [0.05, 0.1) is 12.2 Å². The summed E-state index contributed by atoms with van der Waals surface area (Å²) in [5.41, 5.74) is 0. The topological polar surface area (TPSA) is 18.5 Å². The highest BCUT2D eigenvalue weighted by molar-refractivity contribution is 4.86. The second-order valence-corrected chi connectivity index (χ2v) is 4.76. The molecular formula is C11H20O2. The molecule has 0 bridgehead atoms. The summed E-state index contributed by atoms with van der Waals surface area (Å²) in [5.74, 6) is 0.544. The van der Waals surface area contributed by atoms with Crippen molar-refractivity contribution in [1.82, 2.24) is 0 Å². The van der Waals surface area contributed by atoms with Crippen molar-refractivity contribution in [3.63, 3.8) is 0 Å². The van der Waals surface area contributed by atoms with Gasteiger partial charge in [0, 0.05) is 12.8 Å². The Morgan fingerprint density at radius 1 is 1.08 bits per heavy atom. The van der Waals surface area contributed by atoms with E-state index in [4.69, 9.17) is 9.47 Å². The van der Waals surface area contributed by atoms with E-state index in [9.17, 15) is 0 Å². The van der Waals surface area contributed by atoms with Gasteiger partial charge in [-0.05, 0) is 26.2 Å². The summed E-state index contributed by atoms with van der Waals surface area (Å²) in [6.45, 7) is 6.51. The van der Waals surface area contributed by atoms with Crippen molar-refractivity contribution in [1.29, 1.82) is 0 Å². The minimum atomic E-state index is -0.212. The molecule has 1 spiro atoms. The summed E-state index contributed by atoms with van der Waals surface area (Å²) in [7, 11) is 0. The van der Waals surface area contributed by atoms with E-state index < -0.39 is 0 Å². The van der Waals surface area contributed by atoms with Crippen LogP contribution in [0.1, 0.15) is 46.5 Å². The van der Waals surface area contributed by atoms with Crippen molar-refractivity contribution in [2.75, 3.05) is 0 Å². The highest BCUT2D eigenvalue weighted by Crippen LogP contribution is 2.42. The van der Waals surface area contributed by atoms with Gasteiger partial charge in [0.2, 0.25) is 0 Å². The molecule has 2 rings (SSSR count). The molecule has 1 saturated carbocycles. The summed E-state index contributed by atoms with van der Waals surface area (Å²) >= 11 is 0. The van der Waals surface area contributed by atoms with Crippen molar-refractivity contribution in [3.05, 3.63) is 0 Å². The van der Waals surface area contributed by atoms with E-state index in [1.54, 1.807) is 0 Å². The fraction of sp³-hybridized carbons (Fsp3) is 1.00. The van der Waals surface area contributed by atoms with Gasteiger partial charge >= 0.3 is 0 Å². The largest absolute Gasteiger partial charge is 0.344 e. The molecule has 2 heteroatoms. The van der Waals surface area contributed by atoms with Crippen molar-refractivity contribution < 1.29 is 9.47 Å². The van der Waals surface area contributed by atoms with Crippen molar-refractivity contribution in [3.8, 4) is 0 Å². The normalized spacial score (nSPS) is 44.1. The van der Waals surface area contributed by atoms with Crippen LogP contribution in [0.15, 0.2) is 0 Å². The molecule has 2 nitrogen and oxygen atoms in total. The Morgan fingerprint density at radius 2 is 1.69 bits per heavy atom. The van der Waals surface area contributed by atoms with Crippen LogP contribution in [-0.4, -0.2) is 18.0 Å². The van der Waals surface area contributed by atoms with Crippen molar-refractivity contribution in [2.45, 2.75) is 64.4 Å². The molecule has 76 valence electrons. The molecule has 0 radical (unpaired) electrons. The third-order valence-corrected chi connectivity index (χ3v) is 3.38. The first-order valence-corrected chi connectivity index (χ1v) is 5.47. The third-order valence-electron chi connectivity index (χ3n) is 3.38. The van der Waals surface area contributed by atoms with Crippen LogP contribution >= 0.6 is 0 Å². The molecule has 0 aromatic rings. The molecule has 0 aromatic heterocycles. The molecule has 0 aromatic carbocycles. The standard InChI is InChI=1S/C11H20O2/c1-8-5-4-6-11(7-8)12-9(2)10(3)13-11/h8-10H,4-7H2,1-3H3/t8-,9+,10+/m0/s1. The van der Waals surface area contributed by atoms with Gasteiger partial charge in [-0.25, -0.2) is 0 Å². The summed E-state index contributed by atoms with van der Waals surface area (Å²) in [6, 6.07) is 0. The maximum absolute atomic E-state index is 5.95. The van der Waals surface area contributed by atoms with Crippen LogP contribution in [0.2, 0.25) is 0 Å². The molecule has 0 N–H and O–H groups in total. The third kappa shape index (κ3) is 1.75. The average Bonchev–Trinajstić information content (AvgIpc) is 2.26. The Morgan fingerprint density at radius 3 is 2.23 bits per heavy atom. The lowest BCUT2D eigenvalue weighted by atomic mass is 9.86. The van der Waals surface area contributed by atoms with Crippen LogP contribution in [0.4, 0.5) is 0 Å². The molecule has 1 heterocycles. The molecule has 0 amide bonds. The van der Waals surface area contributed by atoms with E-state index >= 15 is 0 Å². The van der Waals surface area contributed by atoms with Gasteiger partial charge in [-0.15, -0.1) is 0 Å². The van der Waals surface area contributed by atoms with E-state index in [1.165, 1.54) is 12.8 Å². The van der Waals surface area contributed by atoms with Crippen molar-refractivity contribution in [2.24, 2.45) is 5.92 Å². The molecule has 13 heavy (non-hydrogen) atoms. The number of hydrogen-bond donors (Lipinski definition) is 0. The molecule has 1 aliphatic heterocycles. The zero-order chi connectivity index (χ0) is 9.47. The zero-order valence-electron chi connectivity index (χ0n) is 8.88. The lowest BCUT2D eigenvalue weighted by Gasteiger charge is -2.35. The second kappa shape index (κ2) is 3.25. The lowest BCUT2D eigenvalue weighted by molar-refractivity contribution is -0.199. The Bertz CT molecular complexity index is 175. The van der Waals surface area contributed by atoms with Crippen LogP contribution in [0.3, 0.4) is 0 Å². The molecular weight excluding hydrogens is 164 g/mol. The average molecular weight is 184 g/mol. The van der Waals surface area contributed by atoms with Crippen LogP contribution in [0, 0.1) is 5.92 Å². The smallest absolute Gasteiger partial charge is 0.169 e. The Labute approximate surface area is 80.6 Å².